The number of carbonyl (C=O) groups excluding carboxylic acids is 2. The number of aromatic carboxylic acids is 1. The molecule has 1 aromatic heterocycles. The van der Waals surface area contributed by atoms with E-state index in [9.17, 15) is 19.2 Å². The van der Waals surface area contributed by atoms with Gasteiger partial charge in [0.15, 0.2) is 0 Å². The van der Waals surface area contributed by atoms with Crippen LogP contribution in [0.4, 0.5) is 0 Å². The molecule has 0 aliphatic carbocycles. The summed E-state index contributed by atoms with van der Waals surface area (Å²) in [7, 11) is 0. The molecular formula is C19H19N3O5. The highest BCUT2D eigenvalue weighted by atomic mass is 16.4. The van der Waals surface area contributed by atoms with Crippen molar-refractivity contribution in [1.82, 2.24) is 14.8 Å². The highest BCUT2D eigenvalue weighted by Crippen LogP contribution is 2.11. The fourth-order valence-corrected chi connectivity index (χ4v) is 2.99. The van der Waals surface area contributed by atoms with Crippen LogP contribution < -0.4 is 5.56 Å². The molecule has 1 saturated heterocycles. The molecule has 2 N–H and O–H groups in total. The Bertz CT molecular complexity index is 908. The van der Waals surface area contributed by atoms with Gasteiger partial charge in [0, 0.05) is 38.4 Å². The van der Waals surface area contributed by atoms with Crippen LogP contribution in [0.25, 0.3) is 0 Å². The van der Waals surface area contributed by atoms with Gasteiger partial charge in [-0.15, -0.1) is 0 Å². The van der Waals surface area contributed by atoms with E-state index in [4.69, 9.17) is 5.11 Å². The van der Waals surface area contributed by atoms with Gasteiger partial charge in [-0.1, -0.05) is 12.1 Å². The van der Waals surface area contributed by atoms with Crippen molar-refractivity contribution in [2.45, 2.75) is 6.42 Å². The second kappa shape index (κ2) is 7.86. The summed E-state index contributed by atoms with van der Waals surface area (Å²) < 4.78 is 0. The van der Waals surface area contributed by atoms with Crippen molar-refractivity contribution in [3.63, 3.8) is 0 Å². The molecule has 0 unspecified atom stereocenters. The lowest BCUT2D eigenvalue weighted by molar-refractivity contribution is -0.131. The molecule has 8 heteroatoms. The average molecular weight is 369 g/mol. The van der Waals surface area contributed by atoms with E-state index in [0.29, 0.717) is 37.3 Å². The number of hydrogen-bond acceptors (Lipinski definition) is 4. The summed E-state index contributed by atoms with van der Waals surface area (Å²) >= 11 is 0. The largest absolute Gasteiger partial charge is 0.478 e. The molecule has 1 aromatic carbocycles. The van der Waals surface area contributed by atoms with Gasteiger partial charge in [-0.3, -0.25) is 14.4 Å². The fraction of sp³-hybridized carbons (Fsp3) is 0.263. The lowest BCUT2D eigenvalue weighted by atomic mass is 10.1. The Kier molecular flexibility index (Phi) is 5.35. The number of amides is 2. The van der Waals surface area contributed by atoms with Crippen LogP contribution in [0.5, 0.6) is 0 Å². The zero-order valence-electron chi connectivity index (χ0n) is 14.6. The number of nitrogens with one attached hydrogen (secondary N) is 1. The molecule has 0 spiro atoms. The minimum atomic E-state index is -1.03. The number of pyridine rings is 1. The number of H-pyrrole nitrogens is 1. The third kappa shape index (κ3) is 4.41. The van der Waals surface area contributed by atoms with Crippen LogP contribution >= 0.6 is 0 Å². The molecule has 0 radical (unpaired) electrons. The van der Waals surface area contributed by atoms with E-state index >= 15 is 0 Å². The molecule has 8 nitrogen and oxygen atoms in total. The Hall–Kier alpha value is -3.42. The molecule has 0 atom stereocenters. The number of carboxylic acid groups (broad SMARTS) is 1. The maximum Gasteiger partial charge on any atom is 0.335 e. The molecule has 2 heterocycles. The quantitative estimate of drug-likeness (QED) is 0.820. The van der Waals surface area contributed by atoms with E-state index in [1.54, 1.807) is 21.9 Å². The summed E-state index contributed by atoms with van der Waals surface area (Å²) in [5, 5.41) is 9.03. The Morgan fingerprint density at radius 1 is 0.963 bits per heavy atom. The standard InChI is InChI=1S/C19H19N3O5/c23-16-5-4-15(12-20-16)18(25)22-8-6-21(7-9-22)17(24)11-13-2-1-3-14(10-13)19(26)27/h1-5,10,12H,6-9,11H2,(H,20,23)(H,26,27). The summed E-state index contributed by atoms with van der Waals surface area (Å²) in [4.78, 5) is 52.8. The third-order valence-electron chi connectivity index (χ3n) is 4.48. The first-order valence-electron chi connectivity index (χ1n) is 8.52. The molecule has 1 aliphatic rings. The highest BCUT2D eigenvalue weighted by Gasteiger charge is 2.25. The summed E-state index contributed by atoms with van der Waals surface area (Å²) in [5.74, 6) is -1.32. The molecule has 27 heavy (non-hydrogen) atoms. The smallest absolute Gasteiger partial charge is 0.335 e. The minimum absolute atomic E-state index is 0.103. The SMILES string of the molecule is O=C(O)c1cccc(CC(=O)N2CCN(C(=O)c3ccc(=O)[nH]c3)CC2)c1. The second-order valence-electron chi connectivity index (χ2n) is 6.30. The molecule has 2 aromatic rings. The van der Waals surface area contributed by atoms with Gasteiger partial charge >= 0.3 is 5.97 Å². The van der Waals surface area contributed by atoms with Crippen LogP contribution in [-0.4, -0.2) is 63.9 Å². The van der Waals surface area contributed by atoms with Crippen molar-refractivity contribution in [1.29, 1.82) is 0 Å². The lowest BCUT2D eigenvalue weighted by Gasteiger charge is -2.34. The number of rotatable bonds is 4. The van der Waals surface area contributed by atoms with Crippen LogP contribution in [-0.2, 0) is 11.2 Å². The van der Waals surface area contributed by atoms with Crippen LogP contribution in [0.3, 0.4) is 0 Å². The molecule has 140 valence electrons. The van der Waals surface area contributed by atoms with Gasteiger partial charge in [0.25, 0.3) is 5.91 Å². The third-order valence-corrected chi connectivity index (χ3v) is 4.48. The van der Waals surface area contributed by atoms with Crippen molar-refractivity contribution >= 4 is 17.8 Å². The van der Waals surface area contributed by atoms with Crippen LogP contribution in [0.15, 0.2) is 47.4 Å². The zero-order valence-corrected chi connectivity index (χ0v) is 14.6. The van der Waals surface area contributed by atoms with Crippen LogP contribution in [0.1, 0.15) is 26.3 Å². The topological polar surface area (TPSA) is 111 Å². The number of piperazine rings is 1. The van der Waals surface area contributed by atoms with Crippen molar-refractivity contribution in [2.24, 2.45) is 0 Å². The number of aromatic nitrogens is 1. The summed E-state index contributed by atoms with van der Waals surface area (Å²) in [6.45, 7) is 1.62. The van der Waals surface area contributed by atoms with Crippen molar-refractivity contribution in [3.8, 4) is 0 Å². The second-order valence-corrected chi connectivity index (χ2v) is 6.30. The minimum Gasteiger partial charge on any atom is -0.478 e. The number of carboxylic acids is 1. The van der Waals surface area contributed by atoms with Crippen LogP contribution in [0.2, 0.25) is 0 Å². The Morgan fingerprint density at radius 2 is 1.67 bits per heavy atom. The number of aromatic amines is 1. The Labute approximate surface area is 155 Å². The van der Waals surface area contributed by atoms with E-state index in [0.717, 1.165) is 0 Å². The fourth-order valence-electron chi connectivity index (χ4n) is 2.99. The first kappa shape index (κ1) is 18.4. The Balaban J connectivity index is 1.57. The van der Waals surface area contributed by atoms with E-state index in [-0.39, 0.29) is 29.4 Å². The monoisotopic (exact) mass is 369 g/mol. The number of benzene rings is 1. The molecule has 2 amide bonds. The summed E-state index contributed by atoms with van der Waals surface area (Å²) in [6, 6.07) is 9.10. The van der Waals surface area contributed by atoms with Crippen LogP contribution in [0, 0.1) is 0 Å². The van der Waals surface area contributed by atoms with E-state index in [1.165, 1.54) is 30.5 Å². The molecule has 3 rings (SSSR count). The average Bonchev–Trinajstić information content (AvgIpc) is 2.68. The first-order chi connectivity index (χ1) is 12.9. The maximum absolute atomic E-state index is 12.5. The van der Waals surface area contributed by atoms with Gasteiger partial charge in [0.05, 0.1) is 17.5 Å². The lowest BCUT2D eigenvalue weighted by Crippen LogP contribution is -2.51. The number of hydrogen-bond donors (Lipinski definition) is 2. The van der Waals surface area contributed by atoms with Gasteiger partial charge in [-0.25, -0.2) is 4.79 Å². The normalized spacial score (nSPS) is 14.1. The van der Waals surface area contributed by atoms with Gasteiger partial charge in [0.1, 0.15) is 0 Å². The summed E-state index contributed by atoms with van der Waals surface area (Å²) in [6.07, 6.45) is 1.51. The molecule has 0 bridgehead atoms. The van der Waals surface area contributed by atoms with Gasteiger partial charge in [-0.2, -0.15) is 0 Å². The van der Waals surface area contributed by atoms with E-state index in [2.05, 4.69) is 4.98 Å². The van der Waals surface area contributed by atoms with E-state index in [1.807, 2.05) is 0 Å². The molecular weight excluding hydrogens is 350 g/mol. The van der Waals surface area contributed by atoms with Crippen molar-refractivity contribution < 1.29 is 19.5 Å². The predicted octanol–water partition coefficient (Wildman–Crippen LogP) is 0.600. The number of carbonyl (C=O) groups is 3. The summed E-state index contributed by atoms with van der Waals surface area (Å²) in [5.41, 5.74) is 0.928. The number of nitrogens with zero attached hydrogens (tertiary/aromatic N) is 2. The highest BCUT2D eigenvalue weighted by molar-refractivity contribution is 5.94. The molecule has 0 saturated carbocycles. The van der Waals surface area contributed by atoms with Crippen molar-refractivity contribution in [3.05, 3.63) is 69.6 Å². The molecule has 1 fully saturated rings. The van der Waals surface area contributed by atoms with Gasteiger partial charge in [0.2, 0.25) is 11.5 Å². The van der Waals surface area contributed by atoms with Crippen molar-refractivity contribution in [2.75, 3.05) is 26.2 Å². The Morgan fingerprint density at radius 3 is 2.30 bits per heavy atom. The van der Waals surface area contributed by atoms with E-state index < -0.39 is 5.97 Å². The predicted molar refractivity (Wildman–Crippen MR) is 96.7 cm³/mol. The maximum atomic E-state index is 12.5. The van der Waals surface area contributed by atoms with Gasteiger partial charge in [-0.05, 0) is 23.8 Å². The van der Waals surface area contributed by atoms with Gasteiger partial charge < -0.3 is 19.9 Å². The zero-order chi connectivity index (χ0) is 19.4. The molecule has 1 aliphatic heterocycles. The first-order valence-corrected chi connectivity index (χ1v) is 8.52.